The van der Waals surface area contributed by atoms with Gasteiger partial charge < -0.3 is 10.1 Å². The Morgan fingerprint density at radius 3 is 2.65 bits per heavy atom. The first-order valence-corrected chi connectivity index (χ1v) is 6.34. The number of allylic oxidation sites excluding steroid dienone is 4. The monoisotopic (exact) mass is 276 g/mol. The highest BCUT2D eigenvalue weighted by atomic mass is 16.6. The molecule has 1 rings (SSSR count). The standard InChI is InChI=1S/C15H20N2O3/c1-10-6-5-7-11(8-10)9-12(18)17-13(16)14(19)20-15(2,3)4/h5,7-8H,1,6,9H2,2-4H3,(H2,16,17,18). The summed E-state index contributed by atoms with van der Waals surface area (Å²) in [6, 6.07) is 0. The highest BCUT2D eigenvalue weighted by Crippen LogP contribution is 2.16. The number of hydrogen-bond donors (Lipinski definition) is 2. The van der Waals surface area contributed by atoms with Crippen molar-refractivity contribution >= 4 is 17.7 Å². The predicted molar refractivity (Wildman–Crippen MR) is 77.3 cm³/mol. The lowest BCUT2D eigenvalue weighted by atomic mass is 10.0. The molecule has 2 N–H and O–H groups in total. The molecule has 0 aromatic rings. The van der Waals surface area contributed by atoms with E-state index >= 15 is 0 Å². The summed E-state index contributed by atoms with van der Waals surface area (Å²) in [5.41, 5.74) is 1.04. The topological polar surface area (TPSA) is 79.3 Å². The van der Waals surface area contributed by atoms with Gasteiger partial charge in [-0.15, -0.1) is 0 Å². The molecule has 1 amide bonds. The van der Waals surface area contributed by atoms with Crippen LogP contribution >= 0.6 is 0 Å². The molecule has 0 aromatic heterocycles. The number of ether oxygens (including phenoxy) is 1. The third kappa shape index (κ3) is 5.65. The maximum Gasteiger partial charge on any atom is 0.374 e. The maximum absolute atomic E-state index is 11.7. The van der Waals surface area contributed by atoms with Crippen LogP contribution in [0, 0.1) is 5.41 Å². The molecule has 1 aliphatic carbocycles. The van der Waals surface area contributed by atoms with E-state index in [2.05, 4.69) is 11.9 Å². The predicted octanol–water partition coefficient (Wildman–Crippen LogP) is 2.25. The fourth-order valence-electron chi connectivity index (χ4n) is 1.59. The van der Waals surface area contributed by atoms with Crippen LogP contribution in [0.1, 0.15) is 33.6 Å². The van der Waals surface area contributed by atoms with E-state index in [1.165, 1.54) is 0 Å². The first kappa shape index (κ1) is 15.9. The van der Waals surface area contributed by atoms with Crippen LogP contribution in [-0.2, 0) is 14.3 Å². The average Bonchev–Trinajstić information content (AvgIpc) is 2.26. The Balaban J connectivity index is 2.50. The van der Waals surface area contributed by atoms with Gasteiger partial charge in [0.25, 0.3) is 0 Å². The molecule has 1 aliphatic rings. The van der Waals surface area contributed by atoms with Crippen molar-refractivity contribution in [2.24, 2.45) is 0 Å². The van der Waals surface area contributed by atoms with Crippen molar-refractivity contribution in [1.29, 1.82) is 5.41 Å². The zero-order valence-corrected chi connectivity index (χ0v) is 12.1. The molecule has 0 unspecified atom stereocenters. The summed E-state index contributed by atoms with van der Waals surface area (Å²) < 4.78 is 4.99. The lowest BCUT2D eigenvalue weighted by Crippen LogP contribution is -2.39. The van der Waals surface area contributed by atoms with Crippen molar-refractivity contribution in [3.63, 3.8) is 0 Å². The fraction of sp³-hybridized carbons (Fsp3) is 0.400. The molecule has 0 spiro atoms. The Morgan fingerprint density at radius 1 is 1.45 bits per heavy atom. The Hall–Kier alpha value is -2.17. The Morgan fingerprint density at radius 2 is 2.10 bits per heavy atom. The molecule has 5 heteroatoms. The van der Waals surface area contributed by atoms with E-state index in [0.29, 0.717) is 0 Å². The third-order valence-electron chi connectivity index (χ3n) is 2.33. The summed E-state index contributed by atoms with van der Waals surface area (Å²) >= 11 is 0. The van der Waals surface area contributed by atoms with Gasteiger partial charge in [-0.2, -0.15) is 0 Å². The average molecular weight is 276 g/mol. The van der Waals surface area contributed by atoms with Gasteiger partial charge in [0.05, 0.1) is 6.42 Å². The zero-order chi connectivity index (χ0) is 15.3. The maximum atomic E-state index is 11.7. The first-order chi connectivity index (χ1) is 9.17. The van der Waals surface area contributed by atoms with Crippen molar-refractivity contribution in [2.45, 2.75) is 39.2 Å². The molecule has 5 nitrogen and oxygen atoms in total. The highest BCUT2D eigenvalue weighted by Gasteiger charge is 2.21. The molecule has 0 aromatic carbocycles. The molecule has 0 atom stereocenters. The van der Waals surface area contributed by atoms with Crippen LogP contribution in [-0.4, -0.2) is 23.3 Å². The molecule has 0 radical (unpaired) electrons. The van der Waals surface area contributed by atoms with Crippen molar-refractivity contribution in [1.82, 2.24) is 5.32 Å². The first-order valence-electron chi connectivity index (χ1n) is 6.34. The molecule has 20 heavy (non-hydrogen) atoms. The summed E-state index contributed by atoms with van der Waals surface area (Å²) in [5.74, 6) is -1.82. The second kappa shape index (κ2) is 6.32. The molecule has 108 valence electrons. The van der Waals surface area contributed by atoms with Gasteiger partial charge in [0.15, 0.2) is 0 Å². The molecule has 0 bridgehead atoms. The molecule has 0 fully saturated rings. The number of esters is 1. The van der Waals surface area contributed by atoms with Gasteiger partial charge in [-0.3, -0.25) is 10.2 Å². The van der Waals surface area contributed by atoms with Gasteiger partial charge in [-0.05, 0) is 32.8 Å². The summed E-state index contributed by atoms with van der Waals surface area (Å²) in [7, 11) is 0. The van der Waals surface area contributed by atoms with Gasteiger partial charge in [0, 0.05) is 0 Å². The van der Waals surface area contributed by atoms with Gasteiger partial charge in [-0.25, -0.2) is 4.79 Å². The van der Waals surface area contributed by atoms with E-state index in [9.17, 15) is 9.59 Å². The summed E-state index contributed by atoms with van der Waals surface area (Å²) in [4.78, 5) is 23.3. The van der Waals surface area contributed by atoms with E-state index in [-0.39, 0.29) is 6.42 Å². The molecular weight excluding hydrogens is 256 g/mol. The fourth-order valence-corrected chi connectivity index (χ4v) is 1.59. The minimum Gasteiger partial charge on any atom is -0.454 e. The van der Waals surface area contributed by atoms with E-state index in [1.807, 2.05) is 18.2 Å². The zero-order valence-electron chi connectivity index (χ0n) is 12.1. The van der Waals surface area contributed by atoms with Crippen molar-refractivity contribution in [3.05, 3.63) is 36.0 Å². The minimum absolute atomic E-state index is 0.0979. The number of carbonyl (C=O) groups is 2. The van der Waals surface area contributed by atoms with Crippen LogP contribution in [0.5, 0.6) is 0 Å². The van der Waals surface area contributed by atoms with Crippen LogP contribution in [0.15, 0.2) is 36.0 Å². The van der Waals surface area contributed by atoms with Crippen molar-refractivity contribution in [2.75, 3.05) is 0 Å². The van der Waals surface area contributed by atoms with Gasteiger partial charge in [0.2, 0.25) is 11.7 Å². The number of amides is 1. The summed E-state index contributed by atoms with van der Waals surface area (Å²) in [5, 5.41) is 9.73. The highest BCUT2D eigenvalue weighted by molar-refractivity contribution is 6.36. The number of carbonyl (C=O) groups excluding carboxylic acids is 2. The van der Waals surface area contributed by atoms with Crippen LogP contribution in [0.25, 0.3) is 0 Å². The van der Waals surface area contributed by atoms with E-state index < -0.39 is 23.3 Å². The SMILES string of the molecule is C=C1C=C(CC(=O)NC(=N)C(=O)OC(C)(C)C)C=CC1. The second-order valence-electron chi connectivity index (χ2n) is 5.59. The number of rotatable bonds is 2. The minimum atomic E-state index is -0.844. The Kier molecular flexibility index (Phi) is 5.02. The lowest BCUT2D eigenvalue weighted by Gasteiger charge is -2.19. The molecule has 0 saturated carbocycles. The quantitative estimate of drug-likeness (QED) is 0.461. The molecule has 0 saturated heterocycles. The number of amidine groups is 1. The number of hydrogen-bond acceptors (Lipinski definition) is 4. The molecule has 0 heterocycles. The van der Waals surface area contributed by atoms with Crippen molar-refractivity contribution < 1.29 is 14.3 Å². The largest absolute Gasteiger partial charge is 0.454 e. The van der Waals surface area contributed by atoms with Gasteiger partial charge in [0.1, 0.15) is 5.60 Å². The van der Waals surface area contributed by atoms with Crippen LogP contribution in [0.3, 0.4) is 0 Å². The second-order valence-corrected chi connectivity index (χ2v) is 5.59. The molecule has 0 aliphatic heterocycles. The van der Waals surface area contributed by atoms with Gasteiger partial charge in [-0.1, -0.05) is 30.4 Å². The normalized spacial score (nSPS) is 14.6. The van der Waals surface area contributed by atoms with E-state index in [1.54, 1.807) is 20.8 Å². The van der Waals surface area contributed by atoms with Crippen molar-refractivity contribution in [3.8, 4) is 0 Å². The Labute approximate surface area is 118 Å². The van der Waals surface area contributed by atoms with Crippen LogP contribution in [0.4, 0.5) is 0 Å². The lowest BCUT2D eigenvalue weighted by molar-refractivity contribution is -0.146. The third-order valence-corrected chi connectivity index (χ3v) is 2.33. The summed E-state index contributed by atoms with van der Waals surface area (Å²) in [6.07, 6.45) is 6.46. The molecular formula is C15H20N2O3. The van der Waals surface area contributed by atoms with E-state index in [4.69, 9.17) is 10.1 Å². The summed E-state index contributed by atoms with van der Waals surface area (Å²) in [6.45, 7) is 8.92. The number of nitrogens with one attached hydrogen (secondary N) is 2. The van der Waals surface area contributed by atoms with E-state index in [0.717, 1.165) is 17.6 Å². The van der Waals surface area contributed by atoms with Crippen LogP contribution in [0.2, 0.25) is 0 Å². The van der Waals surface area contributed by atoms with Gasteiger partial charge >= 0.3 is 5.97 Å². The Bertz CT molecular complexity index is 508. The smallest absolute Gasteiger partial charge is 0.374 e. The van der Waals surface area contributed by atoms with Crippen LogP contribution < -0.4 is 5.32 Å².